The van der Waals surface area contributed by atoms with Crippen molar-refractivity contribution in [3.63, 3.8) is 0 Å². The first-order valence-corrected chi connectivity index (χ1v) is 5.15. The van der Waals surface area contributed by atoms with Gasteiger partial charge in [-0.3, -0.25) is 4.68 Å². The smallest absolute Gasteiger partial charge is 0.256 e. The van der Waals surface area contributed by atoms with Gasteiger partial charge in [0.25, 0.3) is 5.88 Å². The van der Waals surface area contributed by atoms with E-state index in [0.717, 1.165) is 12.2 Å². The van der Waals surface area contributed by atoms with E-state index in [4.69, 9.17) is 4.74 Å². The van der Waals surface area contributed by atoms with Crippen LogP contribution in [0.1, 0.15) is 5.56 Å². The Morgan fingerprint density at radius 3 is 2.65 bits per heavy atom. The maximum atomic E-state index is 5.16. The summed E-state index contributed by atoms with van der Waals surface area (Å²) in [5.74, 6) is 0.624. The van der Waals surface area contributed by atoms with Gasteiger partial charge < -0.3 is 10.1 Å². The summed E-state index contributed by atoms with van der Waals surface area (Å²) in [6.07, 6.45) is 1.90. The zero-order chi connectivity index (χ0) is 11.4. The third-order valence-corrected chi connectivity index (χ3v) is 2.31. The molecule has 1 aromatic carbocycles. The number of halogens is 1. The molecule has 0 radical (unpaired) electrons. The minimum atomic E-state index is 0. The number of rotatable bonds is 4. The van der Waals surface area contributed by atoms with Crippen molar-refractivity contribution in [3.05, 3.63) is 42.1 Å². The van der Waals surface area contributed by atoms with E-state index < -0.39 is 0 Å². The lowest BCUT2D eigenvalue weighted by Gasteiger charge is -2.05. The summed E-state index contributed by atoms with van der Waals surface area (Å²) in [4.78, 5) is 0. The van der Waals surface area contributed by atoms with Gasteiger partial charge in [-0.15, -0.1) is 17.5 Å². The number of methoxy groups -OCH3 is 1. The van der Waals surface area contributed by atoms with Crippen molar-refractivity contribution in [2.24, 2.45) is 7.05 Å². The Morgan fingerprint density at radius 2 is 2.00 bits per heavy atom. The van der Waals surface area contributed by atoms with Gasteiger partial charge in [-0.1, -0.05) is 30.3 Å². The average molecular weight is 254 g/mol. The van der Waals surface area contributed by atoms with Crippen molar-refractivity contribution < 1.29 is 4.74 Å². The summed E-state index contributed by atoms with van der Waals surface area (Å²) in [6, 6.07) is 10.2. The number of anilines is 1. The number of aryl methyl sites for hydroxylation is 1. The second kappa shape index (κ2) is 6.15. The Bertz CT molecular complexity index is 456. The van der Waals surface area contributed by atoms with Gasteiger partial charge in [0.05, 0.1) is 13.3 Å². The van der Waals surface area contributed by atoms with E-state index in [0.29, 0.717) is 5.88 Å². The Balaban J connectivity index is 0.00000144. The molecule has 0 saturated heterocycles. The fourth-order valence-electron chi connectivity index (χ4n) is 1.53. The number of nitrogens with zero attached hydrogens (tertiary/aromatic N) is 2. The third-order valence-electron chi connectivity index (χ3n) is 2.31. The van der Waals surface area contributed by atoms with E-state index >= 15 is 0 Å². The van der Waals surface area contributed by atoms with Crippen LogP contribution in [0.5, 0.6) is 5.88 Å². The molecule has 1 aromatic heterocycles. The molecular weight excluding hydrogens is 238 g/mol. The molecule has 2 aromatic rings. The lowest BCUT2D eigenvalue weighted by Crippen LogP contribution is -1.99. The molecule has 4 nitrogen and oxygen atoms in total. The second-order valence-electron chi connectivity index (χ2n) is 3.56. The van der Waals surface area contributed by atoms with Crippen LogP contribution >= 0.6 is 12.4 Å². The molecule has 0 aliphatic carbocycles. The van der Waals surface area contributed by atoms with Crippen molar-refractivity contribution >= 4 is 18.1 Å². The van der Waals surface area contributed by atoms with Crippen molar-refractivity contribution in [2.45, 2.75) is 6.54 Å². The highest BCUT2D eigenvalue weighted by molar-refractivity contribution is 5.85. The average Bonchev–Trinajstić information content (AvgIpc) is 2.68. The maximum Gasteiger partial charge on any atom is 0.256 e. The predicted octanol–water partition coefficient (Wildman–Crippen LogP) is 2.46. The summed E-state index contributed by atoms with van der Waals surface area (Å²) >= 11 is 0. The first kappa shape index (κ1) is 13.4. The van der Waals surface area contributed by atoms with Crippen molar-refractivity contribution in [3.8, 4) is 5.88 Å². The molecule has 0 saturated carbocycles. The molecule has 0 bridgehead atoms. The van der Waals surface area contributed by atoms with E-state index in [-0.39, 0.29) is 12.4 Å². The van der Waals surface area contributed by atoms with Gasteiger partial charge in [-0.2, -0.15) is 0 Å². The van der Waals surface area contributed by atoms with E-state index in [1.54, 1.807) is 11.8 Å². The highest BCUT2D eigenvalue weighted by Gasteiger charge is 2.06. The Hall–Kier alpha value is -1.68. The Kier molecular flexibility index (Phi) is 4.84. The highest BCUT2D eigenvalue weighted by atomic mass is 35.5. The predicted molar refractivity (Wildman–Crippen MR) is 70.8 cm³/mol. The number of hydrogen-bond acceptors (Lipinski definition) is 3. The SMILES string of the molecule is COc1nn(C)cc1NCc1ccccc1.Cl. The Morgan fingerprint density at radius 1 is 1.29 bits per heavy atom. The number of benzene rings is 1. The van der Waals surface area contributed by atoms with Gasteiger partial charge >= 0.3 is 0 Å². The van der Waals surface area contributed by atoms with Crippen LogP contribution in [0.25, 0.3) is 0 Å². The minimum Gasteiger partial charge on any atom is -0.478 e. The second-order valence-corrected chi connectivity index (χ2v) is 3.56. The van der Waals surface area contributed by atoms with E-state index in [1.165, 1.54) is 5.56 Å². The molecule has 0 aliphatic heterocycles. The fourth-order valence-corrected chi connectivity index (χ4v) is 1.53. The van der Waals surface area contributed by atoms with Crippen LogP contribution in [0.15, 0.2) is 36.5 Å². The normalized spacial score (nSPS) is 9.53. The van der Waals surface area contributed by atoms with Crippen LogP contribution in [-0.4, -0.2) is 16.9 Å². The van der Waals surface area contributed by atoms with Crippen LogP contribution in [0.2, 0.25) is 0 Å². The van der Waals surface area contributed by atoms with E-state index in [9.17, 15) is 0 Å². The molecular formula is C12H16ClN3O. The number of nitrogens with one attached hydrogen (secondary N) is 1. The molecule has 2 rings (SSSR count). The number of ether oxygens (including phenoxy) is 1. The largest absolute Gasteiger partial charge is 0.478 e. The fraction of sp³-hybridized carbons (Fsp3) is 0.250. The zero-order valence-electron chi connectivity index (χ0n) is 9.88. The molecule has 1 heterocycles. The molecule has 0 spiro atoms. The lowest BCUT2D eigenvalue weighted by molar-refractivity contribution is 0.393. The summed E-state index contributed by atoms with van der Waals surface area (Å²) in [5, 5.41) is 7.47. The standard InChI is InChI=1S/C12H15N3O.ClH/c1-15-9-11(12(14-15)16-2)13-8-10-6-4-3-5-7-10;/h3-7,9,13H,8H2,1-2H3;1H. The zero-order valence-corrected chi connectivity index (χ0v) is 10.7. The summed E-state index contributed by atoms with van der Waals surface area (Å²) in [5.41, 5.74) is 2.14. The molecule has 5 heteroatoms. The number of hydrogen-bond donors (Lipinski definition) is 1. The molecule has 0 atom stereocenters. The first-order chi connectivity index (χ1) is 7.79. The lowest BCUT2D eigenvalue weighted by atomic mass is 10.2. The molecule has 0 aliphatic rings. The van der Waals surface area contributed by atoms with Gasteiger partial charge in [-0.05, 0) is 5.56 Å². The molecule has 0 fully saturated rings. The summed E-state index contributed by atoms with van der Waals surface area (Å²) in [7, 11) is 3.49. The van der Waals surface area contributed by atoms with Crippen LogP contribution in [0.3, 0.4) is 0 Å². The van der Waals surface area contributed by atoms with Crippen LogP contribution in [0, 0.1) is 0 Å². The van der Waals surface area contributed by atoms with Gasteiger partial charge in [0, 0.05) is 13.6 Å². The number of aromatic nitrogens is 2. The van der Waals surface area contributed by atoms with Crippen molar-refractivity contribution in [1.82, 2.24) is 9.78 Å². The first-order valence-electron chi connectivity index (χ1n) is 5.15. The monoisotopic (exact) mass is 253 g/mol. The van der Waals surface area contributed by atoms with Gasteiger partial charge in [0.2, 0.25) is 0 Å². The minimum absolute atomic E-state index is 0. The third kappa shape index (κ3) is 3.39. The molecule has 92 valence electrons. The Labute approximate surface area is 107 Å². The molecule has 17 heavy (non-hydrogen) atoms. The topological polar surface area (TPSA) is 39.1 Å². The van der Waals surface area contributed by atoms with Crippen LogP contribution in [-0.2, 0) is 13.6 Å². The van der Waals surface area contributed by atoms with Gasteiger partial charge in [0.1, 0.15) is 5.69 Å². The maximum absolute atomic E-state index is 5.16. The van der Waals surface area contributed by atoms with Gasteiger partial charge in [0.15, 0.2) is 0 Å². The van der Waals surface area contributed by atoms with Crippen molar-refractivity contribution in [2.75, 3.05) is 12.4 Å². The summed E-state index contributed by atoms with van der Waals surface area (Å²) in [6.45, 7) is 0.767. The van der Waals surface area contributed by atoms with Gasteiger partial charge in [-0.25, -0.2) is 0 Å². The van der Waals surface area contributed by atoms with E-state index in [2.05, 4.69) is 22.5 Å². The van der Waals surface area contributed by atoms with Crippen molar-refractivity contribution in [1.29, 1.82) is 0 Å². The quantitative estimate of drug-likeness (QED) is 0.910. The summed E-state index contributed by atoms with van der Waals surface area (Å²) < 4.78 is 6.89. The van der Waals surface area contributed by atoms with E-state index in [1.807, 2.05) is 31.4 Å². The van der Waals surface area contributed by atoms with Crippen LogP contribution < -0.4 is 10.1 Å². The molecule has 0 amide bonds. The molecule has 1 N–H and O–H groups in total. The van der Waals surface area contributed by atoms with Crippen LogP contribution in [0.4, 0.5) is 5.69 Å². The highest BCUT2D eigenvalue weighted by Crippen LogP contribution is 2.21. The molecule has 0 unspecified atom stereocenters.